The lowest BCUT2D eigenvalue weighted by Crippen LogP contribution is -2.42. The van der Waals surface area contributed by atoms with E-state index in [2.05, 4.69) is 20.6 Å². The van der Waals surface area contributed by atoms with E-state index in [0.717, 1.165) is 6.42 Å². The molecule has 1 atom stereocenters. The minimum Gasteiger partial charge on any atom is -0.481 e. The lowest BCUT2D eigenvalue weighted by Gasteiger charge is -2.16. The molecule has 1 amide bonds. The Hall–Kier alpha value is -1.89. The molecule has 112 valence electrons. The zero-order valence-corrected chi connectivity index (χ0v) is 12.4. The van der Waals surface area contributed by atoms with Crippen molar-refractivity contribution in [2.75, 3.05) is 20.8 Å². The van der Waals surface area contributed by atoms with Crippen LogP contribution in [0.5, 0.6) is 11.8 Å². The Kier molecular flexibility index (Phi) is 6.72. The Bertz CT molecular complexity index is 417. The number of rotatable bonds is 8. The van der Waals surface area contributed by atoms with Crippen molar-refractivity contribution in [2.24, 2.45) is 0 Å². The molecule has 1 rings (SSSR count). The van der Waals surface area contributed by atoms with Crippen LogP contribution in [0.1, 0.15) is 25.8 Å². The van der Waals surface area contributed by atoms with E-state index in [1.165, 1.54) is 20.5 Å². The van der Waals surface area contributed by atoms with Gasteiger partial charge in [-0.1, -0.05) is 6.92 Å². The van der Waals surface area contributed by atoms with Gasteiger partial charge in [0.05, 0.1) is 25.8 Å². The fourth-order valence-corrected chi connectivity index (χ4v) is 1.63. The van der Waals surface area contributed by atoms with E-state index in [-0.39, 0.29) is 11.9 Å². The summed E-state index contributed by atoms with van der Waals surface area (Å²) in [5.74, 6) is 0.831. The fraction of sp³-hybridized carbons (Fsp3) is 0.615. The summed E-state index contributed by atoms with van der Waals surface area (Å²) < 4.78 is 10.3. The van der Waals surface area contributed by atoms with Crippen LogP contribution in [0, 0.1) is 0 Å². The van der Waals surface area contributed by atoms with Gasteiger partial charge >= 0.3 is 0 Å². The molecule has 2 N–H and O–H groups in total. The van der Waals surface area contributed by atoms with E-state index in [0.29, 0.717) is 30.4 Å². The molecule has 20 heavy (non-hydrogen) atoms. The summed E-state index contributed by atoms with van der Waals surface area (Å²) in [6, 6.07) is -0.323. The number of carbonyl (C=O) groups excluding carboxylic acids is 1. The van der Waals surface area contributed by atoms with E-state index in [9.17, 15) is 4.79 Å². The number of carbonyl (C=O) groups is 1. The highest BCUT2D eigenvalue weighted by Crippen LogP contribution is 2.22. The van der Waals surface area contributed by atoms with Crippen LogP contribution in [-0.4, -0.2) is 42.7 Å². The van der Waals surface area contributed by atoms with Crippen LogP contribution in [0.25, 0.3) is 0 Å². The van der Waals surface area contributed by atoms with Gasteiger partial charge in [-0.15, -0.1) is 0 Å². The first-order valence-corrected chi connectivity index (χ1v) is 6.56. The van der Waals surface area contributed by atoms with Crippen LogP contribution < -0.4 is 20.1 Å². The fourth-order valence-electron chi connectivity index (χ4n) is 1.63. The van der Waals surface area contributed by atoms with Crippen LogP contribution in [0.3, 0.4) is 0 Å². The number of nitrogens with zero attached hydrogens (tertiary/aromatic N) is 2. The largest absolute Gasteiger partial charge is 0.481 e. The molecule has 1 unspecified atom stereocenters. The average molecular weight is 282 g/mol. The summed E-state index contributed by atoms with van der Waals surface area (Å²) in [5.41, 5.74) is 0.688. The zero-order chi connectivity index (χ0) is 15.0. The minimum absolute atomic E-state index is 0.0402. The van der Waals surface area contributed by atoms with Gasteiger partial charge in [0.25, 0.3) is 0 Å². The SMILES string of the molecule is CCCNC(=O)C(C)NCc1c(OC)ncnc1OC. The Labute approximate surface area is 119 Å². The molecule has 0 aliphatic heterocycles. The summed E-state index contributed by atoms with van der Waals surface area (Å²) in [6.45, 7) is 4.86. The molecule has 1 heterocycles. The van der Waals surface area contributed by atoms with E-state index in [4.69, 9.17) is 9.47 Å². The highest BCUT2D eigenvalue weighted by atomic mass is 16.5. The van der Waals surface area contributed by atoms with Gasteiger partial charge in [-0.2, -0.15) is 0 Å². The Morgan fingerprint density at radius 3 is 2.40 bits per heavy atom. The van der Waals surface area contributed by atoms with E-state index < -0.39 is 0 Å². The average Bonchev–Trinajstić information content (AvgIpc) is 2.49. The van der Waals surface area contributed by atoms with E-state index in [1.807, 2.05) is 6.92 Å². The van der Waals surface area contributed by atoms with Crippen LogP contribution >= 0.6 is 0 Å². The molecule has 1 aromatic heterocycles. The third kappa shape index (κ3) is 4.34. The van der Waals surface area contributed by atoms with Crippen LogP contribution in [-0.2, 0) is 11.3 Å². The summed E-state index contributed by atoms with van der Waals surface area (Å²) >= 11 is 0. The summed E-state index contributed by atoms with van der Waals surface area (Å²) in [5, 5.41) is 5.94. The molecule has 0 aliphatic rings. The van der Waals surface area contributed by atoms with Gasteiger partial charge in [0, 0.05) is 13.1 Å². The Balaban J connectivity index is 2.67. The first kappa shape index (κ1) is 16.2. The molecule has 1 aromatic rings. The first-order chi connectivity index (χ1) is 9.63. The topological polar surface area (TPSA) is 85.4 Å². The van der Waals surface area contributed by atoms with Gasteiger partial charge in [0.1, 0.15) is 6.33 Å². The van der Waals surface area contributed by atoms with Gasteiger partial charge in [-0.3, -0.25) is 4.79 Å². The molecular weight excluding hydrogens is 260 g/mol. The molecule has 7 nitrogen and oxygen atoms in total. The molecule has 0 bridgehead atoms. The predicted molar refractivity (Wildman–Crippen MR) is 74.7 cm³/mol. The van der Waals surface area contributed by atoms with Crippen LogP contribution in [0.2, 0.25) is 0 Å². The van der Waals surface area contributed by atoms with Crippen molar-refractivity contribution in [3.05, 3.63) is 11.9 Å². The molecule has 0 radical (unpaired) electrons. The first-order valence-electron chi connectivity index (χ1n) is 6.56. The van der Waals surface area contributed by atoms with Crippen molar-refractivity contribution in [1.29, 1.82) is 0 Å². The molecule has 0 saturated carbocycles. The van der Waals surface area contributed by atoms with Crippen molar-refractivity contribution in [2.45, 2.75) is 32.9 Å². The Morgan fingerprint density at radius 1 is 1.30 bits per heavy atom. The van der Waals surface area contributed by atoms with Gasteiger partial charge in [0.2, 0.25) is 17.7 Å². The second-order valence-electron chi connectivity index (χ2n) is 4.26. The maximum atomic E-state index is 11.8. The van der Waals surface area contributed by atoms with E-state index in [1.54, 1.807) is 6.92 Å². The molecule has 0 saturated heterocycles. The number of amides is 1. The molecule has 0 fully saturated rings. The molecule has 0 aliphatic carbocycles. The van der Waals surface area contributed by atoms with Crippen molar-refractivity contribution in [3.63, 3.8) is 0 Å². The van der Waals surface area contributed by atoms with Gasteiger partial charge < -0.3 is 20.1 Å². The Morgan fingerprint density at radius 2 is 1.90 bits per heavy atom. The van der Waals surface area contributed by atoms with Gasteiger partial charge in [-0.25, -0.2) is 9.97 Å². The van der Waals surface area contributed by atoms with Crippen molar-refractivity contribution in [3.8, 4) is 11.8 Å². The van der Waals surface area contributed by atoms with Crippen molar-refractivity contribution in [1.82, 2.24) is 20.6 Å². The molecule has 0 spiro atoms. The quantitative estimate of drug-likeness (QED) is 0.722. The summed E-state index contributed by atoms with van der Waals surface area (Å²) in [4.78, 5) is 19.8. The molecule has 0 aromatic carbocycles. The number of hydrogen-bond donors (Lipinski definition) is 2. The standard InChI is InChI=1S/C13H22N4O3/c1-5-6-14-11(18)9(2)15-7-10-12(19-3)16-8-17-13(10)20-4/h8-9,15H,5-7H2,1-4H3,(H,14,18). The lowest BCUT2D eigenvalue weighted by atomic mass is 10.2. The predicted octanol–water partition coefficient (Wildman–Crippen LogP) is 0.498. The van der Waals surface area contributed by atoms with Crippen LogP contribution in [0.15, 0.2) is 6.33 Å². The van der Waals surface area contributed by atoms with Crippen molar-refractivity contribution < 1.29 is 14.3 Å². The third-order valence-electron chi connectivity index (χ3n) is 2.78. The lowest BCUT2D eigenvalue weighted by molar-refractivity contribution is -0.122. The zero-order valence-electron chi connectivity index (χ0n) is 12.4. The maximum Gasteiger partial charge on any atom is 0.236 e. The smallest absolute Gasteiger partial charge is 0.236 e. The number of ether oxygens (including phenoxy) is 2. The maximum absolute atomic E-state index is 11.8. The van der Waals surface area contributed by atoms with Gasteiger partial charge in [0.15, 0.2) is 0 Å². The van der Waals surface area contributed by atoms with Gasteiger partial charge in [-0.05, 0) is 13.3 Å². The molecular formula is C13H22N4O3. The minimum atomic E-state index is -0.323. The highest BCUT2D eigenvalue weighted by Gasteiger charge is 2.16. The normalized spacial score (nSPS) is 11.8. The monoisotopic (exact) mass is 282 g/mol. The summed E-state index contributed by atoms with van der Waals surface area (Å²) in [6.07, 6.45) is 2.28. The highest BCUT2D eigenvalue weighted by molar-refractivity contribution is 5.81. The van der Waals surface area contributed by atoms with Crippen LogP contribution in [0.4, 0.5) is 0 Å². The third-order valence-corrected chi connectivity index (χ3v) is 2.78. The number of methoxy groups -OCH3 is 2. The molecule has 7 heteroatoms. The number of aromatic nitrogens is 2. The second-order valence-corrected chi connectivity index (χ2v) is 4.26. The second kappa shape index (κ2) is 8.31. The number of nitrogens with one attached hydrogen (secondary N) is 2. The summed E-state index contributed by atoms with van der Waals surface area (Å²) in [7, 11) is 3.06. The number of hydrogen-bond acceptors (Lipinski definition) is 6. The van der Waals surface area contributed by atoms with E-state index >= 15 is 0 Å². The van der Waals surface area contributed by atoms with Crippen molar-refractivity contribution >= 4 is 5.91 Å².